The molecule has 0 saturated carbocycles. The third kappa shape index (κ3) is 5.36. The summed E-state index contributed by atoms with van der Waals surface area (Å²) < 4.78 is 15.6. The van der Waals surface area contributed by atoms with Gasteiger partial charge < -0.3 is 9.88 Å². The van der Waals surface area contributed by atoms with Crippen LogP contribution in [-0.2, 0) is 11.8 Å². The Bertz CT molecular complexity index is 944. The van der Waals surface area contributed by atoms with Gasteiger partial charge in [0.05, 0.1) is 11.3 Å². The number of benzene rings is 2. The Kier molecular flexibility index (Phi) is 7.11. The fraction of sp³-hybridized carbons (Fsp3) is 0.250. The standard InChI is InChI=1S/C20H21FN4OS2/c1-14-7-9-15(10-8-14)27-12-11-22-18(26)13-28-20-24-23-19(25(20)2)16-5-3-4-6-17(16)21/h3-10H,11-13H2,1-2H3,(H,22,26). The molecule has 3 aromatic rings. The maximum atomic E-state index is 13.9. The van der Waals surface area contributed by atoms with Crippen LogP contribution in [0.15, 0.2) is 58.6 Å². The first kappa shape index (κ1) is 20.4. The Morgan fingerprint density at radius 1 is 1.11 bits per heavy atom. The number of halogens is 1. The third-order valence-electron chi connectivity index (χ3n) is 4.00. The first-order valence-electron chi connectivity index (χ1n) is 8.78. The molecule has 0 fully saturated rings. The highest BCUT2D eigenvalue weighted by molar-refractivity contribution is 7.99. The van der Waals surface area contributed by atoms with Crippen molar-refractivity contribution in [2.24, 2.45) is 7.05 Å². The first-order valence-corrected chi connectivity index (χ1v) is 10.7. The van der Waals surface area contributed by atoms with Gasteiger partial charge >= 0.3 is 0 Å². The Morgan fingerprint density at radius 2 is 1.86 bits per heavy atom. The summed E-state index contributed by atoms with van der Waals surface area (Å²) in [6.07, 6.45) is 0. The molecule has 2 aromatic carbocycles. The number of nitrogens with one attached hydrogen (secondary N) is 1. The number of aryl methyl sites for hydroxylation is 1. The third-order valence-corrected chi connectivity index (χ3v) is 6.03. The number of carbonyl (C=O) groups is 1. The Hall–Kier alpha value is -2.32. The van der Waals surface area contributed by atoms with Gasteiger partial charge in [0.15, 0.2) is 11.0 Å². The fourth-order valence-electron chi connectivity index (χ4n) is 2.49. The lowest BCUT2D eigenvalue weighted by atomic mass is 10.2. The van der Waals surface area contributed by atoms with Crippen molar-refractivity contribution in [1.82, 2.24) is 20.1 Å². The van der Waals surface area contributed by atoms with Crippen molar-refractivity contribution in [1.29, 1.82) is 0 Å². The number of hydrogen-bond donors (Lipinski definition) is 1. The minimum atomic E-state index is -0.349. The van der Waals surface area contributed by atoms with Gasteiger partial charge in [0, 0.05) is 24.2 Å². The fourth-order valence-corrected chi connectivity index (χ4v) is 4.00. The smallest absolute Gasteiger partial charge is 0.230 e. The summed E-state index contributed by atoms with van der Waals surface area (Å²) in [4.78, 5) is 13.2. The van der Waals surface area contributed by atoms with E-state index in [-0.39, 0.29) is 17.5 Å². The zero-order valence-corrected chi connectivity index (χ0v) is 17.3. The van der Waals surface area contributed by atoms with E-state index < -0.39 is 0 Å². The topological polar surface area (TPSA) is 59.8 Å². The summed E-state index contributed by atoms with van der Waals surface area (Å²) in [5.74, 6) is 1.07. The molecule has 1 amide bonds. The van der Waals surface area contributed by atoms with Crippen LogP contribution in [0.3, 0.4) is 0 Å². The predicted molar refractivity (Wildman–Crippen MR) is 112 cm³/mol. The van der Waals surface area contributed by atoms with Crippen molar-refractivity contribution >= 4 is 29.4 Å². The van der Waals surface area contributed by atoms with Crippen molar-refractivity contribution in [3.8, 4) is 11.4 Å². The SMILES string of the molecule is Cc1ccc(SCCNC(=O)CSc2nnc(-c3ccccc3F)n2C)cc1. The van der Waals surface area contributed by atoms with Gasteiger partial charge in [0.25, 0.3) is 0 Å². The van der Waals surface area contributed by atoms with Crippen LogP contribution < -0.4 is 5.32 Å². The average molecular weight is 417 g/mol. The van der Waals surface area contributed by atoms with Crippen LogP contribution in [0, 0.1) is 12.7 Å². The van der Waals surface area contributed by atoms with Crippen LogP contribution in [0.2, 0.25) is 0 Å². The molecule has 0 aliphatic rings. The second-order valence-electron chi connectivity index (χ2n) is 6.15. The lowest BCUT2D eigenvalue weighted by molar-refractivity contribution is -0.118. The van der Waals surface area contributed by atoms with E-state index in [9.17, 15) is 9.18 Å². The Balaban J connectivity index is 1.45. The number of thioether (sulfide) groups is 2. The van der Waals surface area contributed by atoms with E-state index in [1.807, 2.05) is 0 Å². The van der Waals surface area contributed by atoms with Gasteiger partial charge in [0.2, 0.25) is 5.91 Å². The number of carbonyl (C=O) groups excluding carboxylic acids is 1. The highest BCUT2D eigenvalue weighted by Gasteiger charge is 2.15. The van der Waals surface area contributed by atoms with E-state index in [1.54, 1.807) is 41.6 Å². The molecule has 28 heavy (non-hydrogen) atoms. The van der Waals surface area contributed by atoms with Crippen LogP contribution in [0.25, 0.3) is 11.4 Å². The minimum Gasteiger partial charge on any atom is -0.355 e. The lowest BCUT2D eigenvalue weighted by Gasteiger charge is -2.06. The van der Waals surface area contributed by atoms with E-state index in [2.05, 4.69) is 46.7 Å². The quantitative estimate of drug-likeness (QED) is 0.445. The lowest BCUT2D eigenvalue weighted by Crippen LogP contribution is -2.27. The first-order chi connectivity index (χ1) is 13.5. The summed E-state index contributed by atoms with van der Waals surface area (Å²) in [5.41, 5.74) is 1.62. The molecule has 3 rings (SSSR count). The highest BCUT2D eigenvalue weighted by Crippen LogP contribution is 2.24. The largest absolute Gasteiger partial charge is 0.355 e. The number of amides is 1. The Morgan fingerprint density at radius 3 is 2.61 bits per heavy atom. The van der Waals surface area contributed by atoms with E-state index in [0.29, 0.717) is 23.1 Å². The highest BCUT2D eigenvalue weighted by atomic mass is 32.2. The molecule has 0 unspecified atom stereocenters. The van der Waals surface area contributed by atoms with Crippen molar-refractivity contribution in [3.05, 3.63) is 59.9 Å². The second-order valence-corrected chi connectivity index (χ2v) is 8.26. The van der Waals surface area contributed by atoms with Gasteiger partial charge in [-0.3, -0.25) is 4.79 Å². The molecule has 1 heterocycles. The molecule has 1 aromatic heterocycles. The van der Waals surface area contributed by atoms with Gasteiger partial charge in [0.1, 0.15) is 5.82 Å². The average Bonchev–Trinajstić information content (AvgIpc) is 3.06. The van der Waals surface area contributed by atoms with Crippen LogP contribution in [0.4, 0.5) is 4.39 Å². The van der Waals surface area contributed by atoms with Crippen molar-refractivity contribution in [2.45, 2.75) is 17.0 Å². The zero-order chi connectivity index (χ0) is 19.9. The van der Waals surface area contributed by atoms with Crippen LogP contribution in [0.5, 0.6) is 0 Å². The molecule has 5 nitrogen and oxygen atoms in total. The maximum Gasteiger partial charge on any atom is 0.230 e. The van der Waals surface area contributed by atoms with E-state index in [4.69, 9.17) is 0 Å². The summed E-state index contributed by atoms with van der Waals surface area (Å²) in [7, 11) is 1.76. The number of aromatic nitrogens is 3. The molecule has 0 spiro atoms. The molecule has 0 saturated heterocycles. The number of hydrogen-bond acceptors (Lipinski definition) is 5. The number of rotatable bonds is 8. The molecule has 0 atom stereocenters. The van der Waals surface area contributed by atoms with E-state index >= 15 is 0 Å². The van der Waals surface area contributed by atoms with Gasteiger partial charge in [-0.2, -0.15) is 0 Å². The summed E-state index contributed by atoms with van der Waals surface area (Å²) >= 11 is 2.99. The minimum absolute atomic E-state index is 0.0649. The molecule has 0 aliphatic heterocycles. The molecule has 146 valence electrons. The molecule has 0 aliphatic carbocycles. The molecule has 0 bridgehead atoms. The predicted octanol–water partition coefficient (Wildman–Crippen LogP) is 3.93. The van der Waals surface area contributed by atoms with E-state index in [1.165, 1.54) is 28.3 Å². The van der Waals surface area contributed by atoms with Gasteiger partial charge in [-0.15, -0.1) is 22.0 Å². The maximum absolute atomic E-state index is 13.9. The normalized spacial score (nSPS) is 10.8. The molecule has 1 N–H and O–H groups in total. The second kappa shape index (κ2) is 9.75. The zero-order valence-electron chi connectivity index (χ0n) is 15.7. The summed E-state index contributed by atoms with van der Waals surface area (Å²) in [5, 5.41) is 11.6. The van der Waals surface area contributed by atoms with Gasteiger partial charge in [-0.1, -0.05) is 41.6 Å². The Labute approximate surface area is 172 Å². The van der Waals surface area contributed by atoms with Crippen LogP contribution in [0.1, 0.15) is 5.56 Å². The van der Waals surface area contributed by atoms with Crippen molar-refractivity contribution in [2.75, 3.05) is 18.1 Å². The van der Waals surface area contributed by atoms with Crippen LogP contribution in [-0.4, -0.2) is 38.7 Å². The van der Waals surface area contributed by atoms with E-state index in [0.717, 1.165) is 5.75 Å². The molecule has 0 radical (unpaired) electrons. The van der Waals surface area contributed by atoms with Crippen LogP contribution >= 0.6 is 23.5 Å². The molecular formula is C20H21FN4OS2. The van der Waals surface area contributed by atoms with Gasteiger partial charge in [-0.25, -0.2) is 4.39 Å². The summed E-state index contributed by atoms with van der Waals surface area (Å²) in [6.45, 7) is 2.65. The summed E-state index contributed by atoms with van der Waals surface area (Å²) in [6, 6.07) is 14.7. The number of nitrogens with zero attached hydrogens (tertiary/aromatic N) is 3. The van der Waals surface area contributed by atoms with Crippen molar-refractivity contribution in [3.63, 3.8) is 0 Å². The van der Waals surface area contributed by atoms with Gasteiger partial charge in [-0.05, 0) is 31.2 Å². The molecular weight excluding hydrogens is 395 g/mol. The monoisotopic (exact) mass is 416 g/mol. The van der Waals surface area contributed by atoms with Crippen molar-refractivity contribution < 1.29 is 9.18 Å². The molecule has 8 heteroatoms.